The number of likely N-dealkylation sites (tertiary alicyclic amines) is 1. The molecule has 0 bridgehead atoms. The lowest BCUT2D eigenvalue weighted by atomic mass is 9.83. The molecule has 1 aromatic heterocycles. The fourth-order valence-electron chi connectivity index (χ4n) is 4.00. The number of carbonyl (C=O) groups is 4. The predicted molar refractivity (Wildman–Crippen MR) is 139 cm³/mol. The van der Waals surface area contributed by atoms with Gasteiger partial charge in [0.25, 0.3) is 0 Å². The summed E-state index contributed by atoms with van der Waals surface area (Å²) in [6.07, 6.45) is 0.849. The Labute approximate surface area is 219 Å². The van der Waals surface area contributed by atoms with E-state index in [-0.39, 0.29) is 30.7 Å². The molecule has 0 aliphatic carbocycles. The number of urea groups is 1. The number of amides is 4. The molecule has 0 spiro atoms. The van der Waals surface area contributed by atoms with Gasteiger partial charge in [-0.1, -0.05) is 30.3 Å². The summed E-state index contributed by atoms with van der Waals surface area (Å²) in [7, 11) is 0. The molecule has 37 heavy (non-hydrogen) atoms. The van der Waals surface area contributed by atoms with Gasteiger partial charge in [0.15, 0.2) is 0 Å². The molecule has 1 aliphatic rings. The Kier molecular flexibility index (Phi) is 8.77. The number of nitrogens with one attached hydrogen (secondary N) is 3. The SMILES string of the molecule is CC(=O)Nc1ccnc(C2(NC(=O)NSC(=O)c3ccccc3)CN(C(=O)OC(C)(C)C)CC2CO)c1. The van der Waals surface area contributed by atoms with E-state index < -0.39 is 29.2 Å². The topological polar surface area (TPSA) is 150 Å². The van der Waals surface area contributed by atoms with Gasteiger partial charge in [0.05, 0.1) is 18.8 Å². The maximum absolute atomic E-state index is 13.0. The molecule has 3 rings (SSSR count). The van der Waals surface area contributed by atoms with Gasteiger partial charge in [-0.2, -0.15) is 0 Å². The normalized spacial score (nSPS) is 19.2. The summed E-state index contributed by atoms with van der Waals surface area (Å²) in [5.41, 5.74) is -0.934. The van der Waals surface area contributed by atoms with E-state index in [2.05, 4.69) is 20.3 Å². The monoisotopic (exact) mass is 529 g/mol. The minimum atomic E-state index is -1.35. The first-order chi connectivity index (χ1) is 17.4. The average molecular weight is 530 g/mol. The zero-order valence-electron chi connectivity index (χ0n) is 21.1. The van der Waals surface area contributed by atoms with Crippen LogP contribution >= 0.6 is 11.9 Å². The van der Waals surface area contributed by atoms with Crippen LogP contribution in [0.4, 0.5) is 15.3 Å². The molecular formula is C25H31N5O6S. The number of nitrogens with zero attached hydrogens (tertiary/aromatic N) is 2. The Bertz CT molecular complexity index is 1160. The lowest BCUT2D eigenvalue weighted by molar-refractivity contribution is -0.114. The van der Waals surface area contributed by atoms with Gasteiger partial charge in [0, 0.05) is 48.8 Å². The molecule has 198 valence electrons. The number of hydrogen-bond donors (Lipinski definition) is 4. The van der Waals surface area contributed by atoms with Gasteiger partial charge in [0.2, 0.25) is 11.0 Å². The van der Waals surface area contributed by atoms with E-state index in [0.717, 1.165) is 0 Å². The summed E-state index contributed by atoms with van der Waals surface area (Å²) in [6.45, 7) is 6.21. The number of carbonyl (C=O) groups excluding carboxylic acids is 4. The van der Waals surface area contributed by atoms with Crippen molar-refractivity contribution >= 4 is 40.8 Å². The Hall–Kier alpha value is -3.64. The number of aliphatic hydroxyl groups is 1. The summed E-state index contributed by atoms with van der Waals surface area (Å²) in [4.78, 5) is 55.8. The van der Waals surface area contributed by atoms with Crippen molar-refractivity contribution in [3.8, 4) is 0 Å². The van der Waals surface area contributed by atoms with Gasteiger partial charge < -0.3 is 25.4 Å². The van der Waals surface area contributed by atoms with Crippen molar-refractivity contribution in [1.82, 2.24) is 19.9 Å². The molecule has 1 aromatic carbocycles. The highest BCUT2D eigenvalue weighted by Gasteiger charge is 2.52. The Morgan fingerprint density at radius 3 is 2.51 bits per heavy atom. The summed E-state index contributed by atoms with van der Waals surface area (Å²) in [6, 6.07) is 10.9. The van der Waals surface area contributed by atoms with Crippen molar-refractivity contribution in [1.29, 1.82) is 0 Å². The zero-order valence-corrected chi connectivity index (χ0v) is 21.9. The summed E-state index contributed by atoms with van der Waals surface area (Å²) >= 11 is 0.604. The molecule has 1 aliphatic heterocycles. The molecule has 12 heteroatoms. The number of pyridine rings is 1. The molecular weight excluding hydrogens is 498 g/mol. The predicted octanol–water partition coefficient (Wildman–Crippen LogP) is 2.88. The lowest BCUT2D eigenvalue weighted by Crippen LogP contribution is -2.55. The molecule has 2 heterocycles. The lowest BCUT2D eigenvalue weighted by Gasteiger charge is -2.34. The molecule has 2 unspecified atom stereocenters. The Morgan fingerprint density at radius 2 is 1.89 bits per heavy atom. The number of benzene rings is 1. The van der Waals surface area contributed by atoms with Gasteiger partial charge in [-0.15, -0.1) is 0 Å². The third-order valence-corrected chi connectivity index (χ3v) is 6.28. The van der Waals surface area contributed by atoms with Gasteiger partial charge in [0.1, 0.15) is 11.1 Å². The third kappa shape index (κ3) is 7.20. The molecule has 4 amide bonds. The highest BCUT2D eigenvalue weighted by Crippen LogP contribution is 2.37. The summed E-state index contributed by atoms with van der Waals surface area (Å²) in [5, 5.41) is 15.4. The van der Waals surface area contributed by atoms with Crippen LogP contribution in [-0.4, -0.2) is 63.4 Å². The van der Waals surface area contributed by atoms with Crippen molar-refractivity contribution in [2.75, 3.05) is 25.0 Å². The van der Waals surface area contributed by atoms with E-state index in [1.54, 1.807) is 63.2 Å². The maximum atomic E-state index is 13.0. The highest BCUT2D eigenvalue weighted by molar-refractivity contribution is 8.12. The first kappa shape index (κ1) is 27.9. The van der Waals surface area contributed by atoms with Gasteiger partial charge in [-0.05, 0) is 32.9 Å². The van der Waals surface area contributed by atoms with E-state index in [0.29, 0.717) is 28.9 Å². The summed E-state index contributed by atoms with van der Waals surface area (Å²) in [5.74, 6) is -0.964. The second kappa shape index (κ2) is 11.6. The van der Waals surface area contributed by atoms with Crippen LogP contribution in [0.1, 0.15) is 43.7 Å². The fraction of sp³-hybridized carbons (Fsp3) is 0.400. The molecule has 2 aromatic rings. The van der Waals surface area contributed by atoms with E-state index >= 15 is 0 Å². The van der Waals surface area contributed by atoms with Crippen LogP contribution in [0.25, 0.3) is 0 Å². The number of rotatable bonds is 5. The first-order valence-electron chi connectivity index (χ1n) is 11.6. The standard InChI is InChI=1S/C25H31N5O6S/c1-16(32)27-19-10-11-26-20(12-19)25(15-30(13-18(25)14-31)23(35)36-24(2,3)4)28-22(34)29-37-21(33)17-8-6-5-7-9-17/h5-12,18,31H,13-15H2,1-4H3,(H,26,27,32)(H2,28,29,34). The largest absolute Gasteiger partial charge is 0.444 e. The van der Waals surface area contributed by atoms with Crippen molar-refractivity contribution in [3.63, 3.8) is 0 Å². The average Bonchev–Trinajstić information content (AvgIpc) is 3.21. The second-order valence-corrected chi connectivity index (χ2v) is 10.4. The van der Waals surface area contributed by atoms with Crippen LogP contribution in [0, 0.1) is 5.92 Å². The van der Waals surface area contributed by atoms with Gasteiger partial charge in [-0.3, -0.25) is 19.3 Å². The number of aromatic nitrogens is 1. The van der Waals surface area contributed by atoms with Gasteiger partial charge in [-0.25, -0.2) is 9.59 Å². The van der Waals surface area contributed by atoms with Crippen molar-refractivity contribution in [2.24, 2.45) is 5.92 Å². The van der Waals surface area contributed by atoms with Crippen LogP contribution in [-0.2, 0) is 15.1 Å². The van der Waals surface area contributed by atoms with Crippen LogP contribution in [0.15, 0.2) is 48.7 Å². The number of hydrogen-bond acceptors (Lipinski definition) is 8. The number of anilines is 1. The van der Waals surface area contributed by atoms with Crippen LogP contribution < -0.4 is 15.4 Å². The zero-order chi connectivity index (χ0) is 27.2. The molecule has 0 saturated carbocycles. The van der Waals surface area contributed by atoms with E-state index in [4.69, 9.17) is 4.74 Å². The molecule has 0 radical (unpaired) electrons. The van der Waals surface area contributed by atoms with Crippen LogP contribution in [0.5, 0.6) is 0 Å². The molecule has 1 fully saturated rings. The van der Waals surface area contributed by atoms with Gasteiger partial charge >= 0.3 is 12.1 Å². The Balaban J connectivity index is 1.90. The second-order valence-electron chi connectivity index (χ2n) is 9.63. The molecule has 4 N–H and O–H groups in total. The first-order valence-corrected chi connectivity index (χ1v) is 12.4. The fourth-order valence-corrected chi connectivity index (χ4v) is 4.49. The highest BCUT2D eigenvalue weighted by atomic mass is 32.2. The quantitative estimate of drug-likeness (QED) is 0.432. The minimum absolute atomic E-state index is 0.0611. The number of aliphatic hydroxyl groups excluding tert-OH is 1. The van der Waals surface area contributed by atoms with Crippen molar-refractivity contribution in [3.05, 3.63) is 59.9 Å². The van der Waals surface area contributed by atoms with Crippen LogP contribution in [0.2, 0.25) is 0 Å². The molecule has 11 nitrogen and oxygen atoms in total. The smallest absolute Gasteiger partial charge is 0.410 e. The third-order valence-electron chi connectivity index (χ3n) is 5.57. The number of ether oxygens (including phenoxy) is 1. The van der Waals surface area contributed by atoms with Crippen molar-refractivity contribution < 1.29 is 29.0 Å². The Morgan fingerprint density at radius 1 is 1.19 bits per heavy atom. The molecule has 2 atom stereocenters. The summed E-state index contributed by atoms with van der Waals surface area (Å²) < 4.78 is 7.98. The van der Waals surface area contributed by atoms with E-state index in [9.17, 15) is 24.3 Å². The van der Waals surface area contributed by atoms with Crippen LogP contribution in [0.3, 0.4) is 0 Å². The van der Waals surface area contributed by atoms with E-state index in [1.807, 2.05) is 0 Å². The minimum Gasteiger partial charge on any atom is -0.444 e. The van der Waals surface area contributed by atoms with Crippen molar-refractivity contribution in [2.45, 2.75) is 38.8 Å². The maximum Gasteiger partial charge on any atom is 0.410 e. The van der Waals surface area contributed by atoms with E-state index in [1.165, 1.54) is 18.0 Å². The molecule has 1 saturated heterocycles.